The van der Waals surface area contributed by atoms with Crippen LogP contribution in [-0.2, 0) is 0 Å². The van der Waals surface area contributed by atoms with Gasteiger partial charge in [0.15, 0.2) is 0 Å². The van der Waals surface area contributed by atoms with Gasteiger partial charge in [0.2, 0.25) is 0 Å². The first-order chi connectivity index (χ1) is 8.92. The second kappa shape index (κ2) is 6.50. The number of phenols is 2. The molecule has 3 N–H and O–H groups in total. The lowest BCUT2D eigenvalue weighted by molar-refractivity contribution is 0.431. The van der Waals surface area contributed by atoms with Crippen molar-refractivity contribution in [2.45, 2.75) is 13.8 Å². The van der Waals surface area contributed by atoms with E-state index in [0.29, 0.717) is 5.56 Å². The molecule has 0 aliphatic rings. The first-order valence-electron chi connectivity index (χ1n) is 5.86. The van der Waals surface area contributed by atoms with Crippen LogP contribution in [0.5, 0.6) is 11.5 Å². The highest BCUT2D eigenvalue weighted by atomic mass is 16.3. The number of rotatable bonds is 4. The van der Waals surface area contributed by atoms with Crippen molar-refractivity contribution in [2.24, 2.45) is 0 Å². The Labute approximate surface area is 113 Å². The van der Waals surface area contributed by atoms with Crippen molar-refractivity contribution in [3.05, 3.63) is 65.5 Å². The maximum atomic E-state index is 9.39. The number of aliphatic hydroxyl groups excluding tert-OH is 1. The zero-order chi connectivity index (χ0) is 14.4. The Morgan fingerprint density at radius 3 is 2.21 bits per heavy atom. The molecular weight excluding hydrogens is 240 g/mol. The fourth-order valence-electron chi connectivity index (χ4n) is 1.46. The van der Waals surface area contributed by atoms with E-state index in [2.05, 4.69) is 6.58 Å². The third-order valence-corrected chi connectivity index (χ3v) is 2.57. The maximum absolute atomic E-state index is 9.39. The molecule has 0 aliphatic heterocycles. The Morgan fingerprint density at radius 2 is 1.68 bits per heavy atom. The quantitative estimate of drug-likeness (QED) is 0.563. The van der Waals surface area contributed by atoms with Crippen molar-refractivity contribution in [2.75, 3.05) is 0 Å². The van der Waals surface area contributed by atoms with Gasteiger partial charge in [0.05, 0.1) is 0 Å². The number of hydrogen-bond donors (Lipinski definition) is 3. The smallest absolute Gasteiger partial charge is 0.119 e. The van der Waals surface area contributed by atoms with Crippen LogP contribution in [0.1, 0.15) is 19.4 Å². The van der Waals surface area contributed by atoms with Crippen LogP contribution in [0.15, 0.2) is 59.9 Å². The number of benzene rings is 1. The van der Waals surface area contributed by atoms with Gasteiger partial charge in [-0.15, -0.1) is 0 Å². The zero-order valence-corrected chi connectivity index (χ0v) is 11.1. The minimum Gasteiger partial charge on any atom is -0.508 e. The van der Waals surface area contributed by atoms with E-state index >= 15 is 0 Å². The first kappa shape index (κ1) is 14.6. The molecule has 0 bridgehead atoms. The van der Waals surface area contributed by atoms with Crippen LogP contribution in [0.4, 0.5) is 0 Å². The van der Waals surface area contributed by atoms with E-state index in [0.717, 1.165) is 11.1 Å². The second-order valence-electron chi connectivity index (χ2n) is 4.18. The van der Waals surface area contributed by atoms with Crippen LogP contribution >= 0.6 is 0 Å². The van der Waals surface area contributed by atoms with Gasteiger partial charge in [-0.2, -0.15) is 0 Å². The number of allylic oxidation sites excluding steroid dienone is 5. The number of phenolic OH excluding ortho intramolecular Hbond substituents is 2. The third-order valence-electron chi connectivity index (χ3n) is 2.57. The predicted molar refractivity (Wildman–Crippen MR) is 78.1 cm³/mol. The van der Waals surface area contributed by atoms with E-state index in [4.69, 9.17) is 0 Å². The number of aliphatic hydroxyl groups is 1. The lowest BCUT2D eigenvalue weighted by Crippen LogP contribution is -1.82. The molecule has 0 unspecified atom stereocenters. The fourth-order valence-corrected chi connectivity index (χ4v) is 1.46. The second-order valence-corrected chi connectivity index (χ2v) is 4.18. The third kappa shape index (κ3) is 4.76. The fraction of sp³-hybridized carbons (Fsp3) is 0.125. The first-order valence-corrected chi connectivity index (χ1v) is 5.86. The number of aromatic hydroxyl groups is 2. The molecule has 0 radical (unpaired) electrons. The van der Waals surface area contributed by atoms with E-state index in [1.165, 1.54) is 6.07 Å². The Balaban J connectivity index is 2.92. The van der Waals surface area contributed by atoms with Crippen molar-refractivity contribution in [3.63, 3.8) is 0 Å². The van der Waals surface area contributed by atoms with Gasteiger partial charge in [0.25, 0.3) is 0 Å². The Hall–Kier alpha value is -2.42. The molecule has 0 heterocycles. The molecule has 0 saturated carbocycles. The lowest BCUT2D eigenvalue weighted by atomic mass is 10.0. The van der Waals surface area contributed by atoms with Gasteiger partial charge in [-0.1, -0.05) is 18.7 Å². The molecule has 0 aromatic heterocycles. The van der Waals surface area contributed by atoms with E-state index < -0.39 is 0 Å². The van der Waals surface area contributed by atoms with Crippen LogP contribution < -0.4 is 0 Å². The van der Waals surface area contributed by atoms with Gasteiger partial charge in [-0.25, -0.2) is 0 Å². The average molecular weight is 258 g/mol. The highest BCUT2D eigenvalue weighted by Gasteiger charge is 1.99. The van der Waals surface area contributed by atoms with E-state index in [-0.39, 0.29) is 17.3 Å². The molecule has 1 rings (SSSR count). The highest BCUT2D eigenvalue weighted by Crippen LogP contribution is 2.23. The standard InChI is InChI=1S/C16H18O3/c1-4-14(17)6-5-11(2)12(3)7-13-8-15(18)10-16(19)9-13/h4-10,17-19H,2H2,1,3H3/b6-5-,12-7+,14-4+. The van der Waals surface area contributed by atoms with Crippen molar-refractivity contribution in [1.29, 1.82) is 0 Å². The molecule has 0 atom stereocenters. The molecule has 3 heteroatoms. The van der Waals surface area contributed by atoms with E-state index in [1.54, 1.807) is 43.4 Å². The molecule has 0 saturated heterocycles. The minimum atomic E-state index is 0.00626. The maximum Gasteiger partial charge on any atom is 0.119 e. The summed E-state index contributed by atoms with van der Waals surface area (Å²) in [5, 5.41) is 28.1. The average Bonchev–Trinajstić information content (AvgIpc) is 2.33. The van der Waals surface area contributed by atoms with E-state index in [1.807, 2.05) is 6.92 Å². The molecule has 0 amide bonds. The van der Waals surface area contributed by atoms with Gasteiger partial charge in [0, 0.05) is 6.07 Å². The topological polar surface area (TPSA) is 60.7 Å². The summed E-state index contributed by atoms with van der Waals surface area (Å²) in [5.74, 6) is 0.183. The van der Waals surface area contributed by atoms with Crippen molar-refractivity contribution >= 4 is 6.08 Å². The molecule has 0 aliphatic carbocycles. The highest BCUT2D eigenvalue weighted by molar-refractivity contribution is 5.62. The lowest BCUT2D eigenvalue weighted by Gasteiger charge is -2.03. The van der Waals surface area contributed by atoms with Crippen LogP contribution in [-0.4, -0.2) is 15.3 Å². The summed E-state index contributed by atoms with van der Waals surface area (Å²) in [6, 6.07) is 4.36. The Kier molecular flexibility index (Phi) is 5.01. The van der Waals surface area contributed by atoms with Gasteiger partial charge in [0.1, 0.15) is 17.3 Å². The van der Waals surface area contributed by atoms with Crippen LogP contribution in [0.25, 0.3) is 6.08 Å². The summed E-state index contributed by atoms with van der Waals surface area (Å²) >= 11 is 0. The van der Waals surface area contributed by atoms with E-state index in [9.17, 15) is 15.3 Å². The van der Waals surface area contributed by atoms with Gasteiger partial charge >= 0.3 is 0 Å². The Morgan fingerprint density at radius 1 is 1.11 bits per heavy atom. The SMILES string of the molecule is C=C(/C=C\C(O)=C/C)/C(C)=C/c1cc(O)cc(O)c1. The predicted octanol–water partition coefficient (Wildman–Crippen LogP) is 4.08. The van der Waals surface area contributed by atoms with Crippen LogP contribution in [0, 0.1) is 0 Å². The van der Waals surface area contributed by atoms with Crippen molar-refractivity contribution in [1.82, 2.24) is 0 Å². The molecule has 100 valence electrons. The zero-order valence-electron chi connectivity index (χ0n) is 11.1. The summed E-state index contributed by atoms with van der Waals surface area (Å²) in [7, 11) is 0. The van der Waals surface area contributed by atoms with Gasteiger partial charge in [-0.05, 0) is 54.8 Å². The minimum absolute atomic E-state index is 0.00626. The van der Waals surface area contributed by atoms with Crippen molar-refractivity contribution < 1.29 is 15.3 Å². The Bertz CT molecular complexity index is 543. The van der Waals surface area contributed by atoms with Crippen LogP contribution in [0.2, 0.25) is 0 Å². The van der Waals surface area contributed by atoms with Crippen LogP contribution in [0.3, 0.4) is 0 Å². The van der Waals surface area contributed by atoms with Crippen molar-refractivity contribution in [3.8, 4) is 11.5 Å². The van der Waals surface area contributed by atoms with Gasteiger partial charge in [-0.3, -0.25) is 0 Å². The number of hydrogen-bond acceptors (Lipinski definition) is 3. The normalized spacial score (nSPS) is 12.9. The molecule has 0 spiro atoms. The molecule has 0 fully saturated rings. The molecule has 19 heavy (non-hydrogen) atoms. The largest absolute Gasteiger partial charge is 0.508 e. The monoisotopic (exact) mass is 258 g/mol. The molecule has 1 aromatic carbocycles. The summed E-state index contributed by atoms with van der Waals surface area (Å²) < 4.78 is 0. The molecule has 1 aromatic rings. The summed E-state index contributed by atoms with van der Waals surface area (Å²) in [6.45, 7) is 7.48. The summed E-state index contributed by atoms with van der Waals surface area (Å²) in [5.41, 5.74) is 2.28. The van der Waals surface area contributed by atoms with Gasteiger partial charge < -0.3 is 15.3 Å². The summed E-state index contributed by atoms with van der Waals surface area (Å²) in [6.07, 6.45) is 6.62. The summed E-state index contributed by atoms with van der Waals surface area (Å²) in [4.78, 5) is 0. The molecule has 3 nitrogen and oxygen atoms in total. The molecular formula is C16H18O3.